The maximum Gasteiger partial charge on any atom is 0.340 e. The molecule has 0 saturated heterocycles. The van der Waals surface area contributed by atoms with Crippen LogP contribution in [0.25, 0.3) is 0 Å². The smallest absolute Gasteiger partial charge is 0.340 e. The molecule has 0 atom stereocenters. The monoisotopic (exact) mass is 268 g/mol. The number of hydrogen-bond acceptors (Lipinski definition) is 7. The number of aromatic nitrogens is 4. The minimum Gasteiger partial charge on any atom is -0.478 e. The molecule has 0 aliphatic carbocycles. The first-order valence-corrected chi connectivity index (χ1v) is 5.45. The molecule has 0 spiro atoms. The SMILES string of the molecule is Cc1nsc(NC(=O)c2nc(N)n[nH]2)c1C(=O)O. The third kappa shape index (κ3) is 2.13. The van der Waals surface area contributed by atoms with Gasteiger partial charge < -0.3 is 16.2 Å². The lowest BCUT2D eigenvalue weighted by atomic mass is 10.2. The van der Waals surface area contributed by atoms with Gasteiger partial charge in [0.15, 0.2) is 0 Å². The first-order chi connectivity index (χ1) is 8.49. The van der Waals surface area contributed by atoms with E-state index >= 15 is 0 Å². The highest BCUT2D eigenvalue weighted by Gasteiger charge is 2.20. The van der Waals surface area contributed by atoms with E-state index in [0.717, 1.165) is 11.5 Å². The molecule has 0 radical (unpaired) electrons. The van der Waals surface area contributed by atoms with Gasteiger partial charge in [-0.2, -0.15) is 9.36 Å². The summed E-state index contributed by atoms with van der Waals surface area (Å²) in [5, 5.41) is 17.3. The van der Waals surface area contributed by atoms with E-state index < -0.39 is 11.9 Å². The lowest BCUT2D eigenvalue weighted by Gasteiger charge is -2.00. The van der Waals surface area contributed by atoms with Crippen LogP contribution >= 0.6 is 11.5 Å². The van der Waals surface area contributed by atoms with Crippen LogP contribution in [0.2, 0.25) is 0 Å². The van der Waals surface area contributed by atoms with Crippen LogP contribution in [-0.4, -0.2) is 36.5 Å². The maximum absolute atomic E-state index is 11.7. The zero-order valence-electron chi connectivity index (χ0n) is 9.09. The van der Waals surface area contributed by atoms with Gasteiger partial charge in [-0.05, 0) is 18.5 Å². The Balaban J connectivity index is 2.25. The summed E-state index contributed by atoms with van der Waals surface area (Å²) in [5.74, 6) is -1.96. The Hall–Kier alpha value is -2.49. The highest BCUT2D eigenvalue weighted by Crippen LogP contribution is 2.24. The number of nitrogens with two attached hydrogens (primary N) is 1. The van der Waals surface area contributed by atoms with Gasteiger partial charge in [-0.15, -0.1) is 5.10 Å². The van der Waals surface area contributed by atoms with Crippen molar-refractivity contribution in [1.82, 2.24) is 19.6 Å². The van der Waals surface area contributed by atoms with Crippen molar-refractivity contribution in [2.75, 3.05) is 11.1 Å². The predicted molar refractivity (Wildman–Crippen MR) is 62.6 cm³/mol. The molecule has 2 aromatic heterocycles. The second-order valence-corrected chi connectivity index (χ2v) is 4.05. The van der Waals surface area contributed by atoms with Crippen LogP contribution in [0.15, 0.2) is 0 Å². The Kier molecular flexibility index (Phi) is 2.93. The highest BCUT2D eigenvalue weighted by molar-refractivity contribution is 7.11. The van der Waals surface area contributed by atoms with E-state index in [4.69, 9.17) is 10.8 Å². The second-order valence-electron chi connectivity index (χ2n) is 3.27. The van der Waals surface area contributed by atoms with E-state index in [1.807, 2.05) is 0 Å². The molecule has 0 aliphatic heterocycles. The van der Waals surface area contributed by atoms with Crippen molar-refractivity contribution in [3.63, 3.8) is 0 Å². The molecule has 2 aromatic rings. The largest absolute Gasteiger partial charge is 0.478 e. The number of nitrogens with one attached hydrogen (secondary N) is 2. The zero-order valence-corrected chi connectivity index (χ0v) is 9.91. The van der Waals surface area contributed by atoms with Gasteiger partial charge in [0.05, 0.1) is 5.69 Å². The summed E-state index contributed by atoms with van der Waals surface area (Å²) in [7, 11) is 0. The summed E-state index contributed by atoms with van der Waals surface area (Å²) in [6, 6.07) is 0. The van der Waals surface area contributed by atoms with E-state index in [1.165, 1.54) is 0 Å². The molecule has 5 N–H and O–H groups in total. The average Bonchev–Trinajstić information content (AvgIpc) is 2.85. The Morgan fingerprint density at radius 1 is 1.50 bits per heavy atom. The number of aromatic amines is 1. The van der Waals surface area contributed by atoms with Gasteiger partial charge in [0.1, 0.15) is 10.6 Å². The van der Waals surface area contributed by atoms with E-state index in [0.29, 0.717) is 5.69 Å². The van der Waals surface area contributed by atoms with Gasteiger partial charge in [0.2, 0.25) is 11.8 Å². The zero-order chi connectivity index (χ0) is 13.3. The number of aromatic carboxylic acids is 1. The van der Waals surface area contributed by atoms with E-state index in [2.05, 4.69) is 24.9 Å². The van der Waals surface area contributed by atoms with Crippen LogP contribution in [0.5, 0.6) is 0 Å². The Morgan fingerprint density at radius 2 is 2.22 bits per heavy atom. The van der Waals surface area contributed by atoms with Crippen LogP contribution in [-0.2, 0) is 0 Å². The number of carboxylic acid groups (broad SMARTS) is 1. The number of anilines is 2. The molecule has 0 aromatic carbocycles. The fraction of sp³-hybridized carbons (Fsp3) is 0.125. The third-order valence-corrected chi connectivity index (χ3v) is 2.88. The molecule has 0 saturated carbocycles. The summed E-state index contributed by atoms with van der Waals surface area (Å²) in [5.41, 5.74) is 5.55. The summed E-state index contributed by atoms with van der Waals surface area (Å²) in [4.78, 5) is 26.3. The Morgan fingerprint density at radius 3 is 2.78 bits per heavy atom. The van der Waals surface area contributed by atoms with Crippen molar-refractivity contribution in [2.24, 2.45) is 0 Å². The van der Waals surface area contributed by atoms with Gasteiger partial charge in [-0.25, -0.2) is 4.79 Å². The molecular formula is C8H8N6O3S. The van der Waals surface area contributed by atoms with Crippen LogP contribution < -0.4 is 11.1 Å². The quantitative estimate of drug-likeness (QED) is 0.617. The standard InChI is InChI=1S/C8H8N6O3S/c1-2-3(7(16)17)6(18-14-2)11-5(15)4-10-8(9)13-12-4/h1H3,(H,11,15)(H,16,17)(H3,9,10,12,13). The number of amides is 1. The summed E-state index contributed by atoms with van der Waals surface area (Å²) in [6.07, 6.45) is 0. The molecule has 94 valence electrons. The summed E-state index contributed by atoms with van der Waals surface area (Å²) >= 11 is 0.878. The number of aryl methyl sites for hydroxylation is 1. The molecular weight excluding hydrogens is 260 g/mol. The van der Waals surface area contributed by atoms with Crippen LogP contribution in [0, 0.1) is 6.92 Å². The molecule has 18 heavy (non-hydrogen) atoms. The van der Waals surface area contributed by atoms with Crippen molar-refractivity contribution in [3.05, 3.63) is 17.1 Å². The molecule has 2 rings (SSSR count). The number of rotatable bonds is 3. The molecule has 0 bridgehead atoms. The maximum atomic E-state index is 11.7. The van der Waals surface area contributed by atoms with Crippen LogP contribution in [0.1, 0.15) is 26.7 Å². The fourth-order valence-electron chi connectivity index (χ4n) is 1.25. The predicted octanol–water partition coefficient (Wildman–Crippen LogP) is 0.102. The number of carboxylic acids is 1. The van der Waals surface area contributed by atoms with Crippen molar-refractivity contribution >= 4 is 34.4 Å². The lowest BCUT2D eigenvalue weighted by Crippen LogP contribution is -2.15. The first kappa shape index (κ1) is 12.0. The van der Waals surface area contributed by atoms with Crippen LogP contribution in [0.3, 0.4) is 0 Å². The average molecular weight is 268 g/mol. The van der Waals surface area contributed by atoms with Crippen LogP contribution in [0.4, 0.5) is 10.9 Å². The third-order valence-electron chi connectivity index (χ3n) is 2.02. The molecule has 0 aliphatic rings. The Labute approximate surface area is 104 Å². The van der Waals surface area contributed by atoms with Crippen molar-refractivity contribution in [1.29, 1.82) is 0 Å². The van der Waals surface area contributed by atoms with Crippen molar-refractivity contribution in [2.45, 2.75) is 6.92 Å². The number of nitrogen functional groups attached to an aromatic ring is 1. The van der Waals surface area contributed by atoms with Gasteiger partial charge >= 0.3 is 5.97 Å². The van der Waals surface area contributed by atoms with Gasteiger partial charge in [-0.1, -0.05) is 0 Å². The van der Waals surface area contributed by atoms with Crippen molar-refractivity contribution in [3.8, 4) is 0 Å². The fourth-order valence-corrected chi connectivity index (χ4v) is 2.03. The van der Waals surface area contributed by atoms with E-state index in [1.54, 1.807) is 6.92 Å². The molecule has 10 heteroatoms. The van der Waals surface area contributed by atoms with Gasteiger partial charge in [0, 0.05) is 0 Å². The second kappa shape index (κ2) is 4.41. The number of H-pyrrole nitrogens is 1. The van der Waals surface area contributed by atoms with E-state index in [-0.39, 0.29) is 22.3 Å². The van der Waals surface area contributed by atoms with Gasteiger partial charge in [-0.3, -0.25) is 9.89 Å². The minimum absolute atomic E-state index is 0.0409. The molecule has 1 amide bonds. The number of nitrogens with zero attached hydrogens (tertiary/aromatic N) is 3. The number of carbonyl (C=O) groups excluding carboxylic acids is 1. The molecule has 2 heterocycles. The highest BCUT2D eigenvalue weighted by atomic mass is 32.1. The molecule has 0 unspecified atom stereocenters. The first-order valence-electron chi connectivity index (χ1n) is 4.68. The molecule has 9 nitrogen and oxygen atoms in total. The van der Waals surface area contributed by atoms with Gasteiger partial charge in [0.25, 0.3) is 5.91 Å². The Bertz CT molecular complexity index is 618. The normalized spacial score (nSPS) is 10.3. The minimum atomic E-state index is -1.16. The molecule has 0 fully saturated rings. The number of carbonyl (C=O) groups is 2. The number of hydrogen-bond donors (Lipinski definition) is 4. The summed E-state index contributed by atoms with van der Waals surface area (Å²) < 4.78 is 3.86. The lowest BCUT2D eigenvalue weighted by molar-refractivity contribution is 0.0697. The summed E-state index contributed by atoms with van der Waals surface area (Å²) in [6.45, 7) is 1.54. The van der Waals surface area contributed by atoms with E-state index in [9.17, 15) is 9.59 Å². The van der Waals surface area contributed by atoms with Crippen molar-refractivity contribution < 1.29 is 14.7 Å². The topological polar surface area (TPSA) is 147 Å².